The fourth-order valence-electron chi connectivity index (χ4n) is 1.55. The normalized spacial score (nSPS) is 10.7. The van der Waals surface area contributed by atoms with Gasteiger partial charge in [0.1, 0.15) is 10.5 Å². The van der Waals surface area contributed by atoms with Gasteiger partial charge in [-0.25, -0.2) is 4.98 Å². The van der Waals surface area contributed by atoms with Crippen LogP contribution in [-0.4, -0.2) is 9.97 Å². The van der Waals surface area contributed by atoms with E-state index in [4.69, 9.17) is 23.8 Å². The molecule has 0 saturated heterocycles. The molecule has 0 saturated carbocycles. The van der Waals surface area contributed by atoms with Crippen LogP contribution in [0.4, 0.5) is 0 Å². The van der Waals surface area contributed by atoms with E-state index in [-0.39, 0.29) is 0 Å². The van der Waals surface area contributed by atoms with Crippen LogP contribution in [0.1, 0.15) is 18.4 Å². The first kappa shape index (κ1) is 15.0. The van der Waals surface area contributed by atoms with E-state index in [0.717, 1.165) is 38.1 Å². The molecule has 0 radical (unpaired) electrons. The van der Waals surface area contributed by atoms with Crippen LogP contribution in [0.25, 0.3) is 0 Å². The number of H-pyrrole nitrogens is 1. The summed E-state index contributed by atoms with van der Waals surface area (Å²) in [5.41, 5.74) is 1.09. The Bertz CT molecular complexity index is 626. The molecule has 1 N–H and O–H groups in total. The number of aromatic nitrogens is 2. The fourth-order valence-corrected chi connectivity index (χ4v) is 3.15. The van der Waals surface area contributed by atoms with Crippen LogP contribution in [0, 0.1) is 4.64 Å². The van der Waals surface area contributed by atoms with E-state index in [1.54, 1.807) is 11.8 Å². The summed E-state index contributed by atoms with van der Waals surface area (Å²) in [4.78, 5) is 8.85. The predicted molar refractivity (Wildman–Crippen MR) is 87.5 cm³/mol. The minimum Gasteiger partial charge on any atom is -0.345 e. The van der Waals surface area contributed by atoms with Gasteiger partial charge in [0.25, 0.3) is 0 Å². The second-order valence-electron chi connectivity index (χ2n) is 3.88. The highest BCUT2D eigenvalue weighted by atomic mass is 79.9. The SMILES string of the molecule is CCc1[nH]c(CSc2ccc(Cl)cc2)nc(=S)c1Br. The lowest BCUT2D eigenvalue weighted by Gasteiger charge is -2.07. The highest BCUT2D eigenvalue weighted by Crippen LogP contribution is 2.24. The van der Waals surface area contributed by atoms with Crippen LogP contribution in [0.3, 0.4) is 0 Å². The Hall–Kier alpha value is -0.360. The lowest BCUT2D eigenvalue weighted by molar-refractivity contribution is 0.920. The molecule has 2 rings (SSSR count). The van der Waals surface area contributed by atoms with Gasteiger partial charge in [0.05, 0.1) is 10.2 Å². The van der Waals surface area contributed by atoms with Gasteiger partial charge in [-0.05, 0) is 46.6 Å². The van der Waals surface area contributed by atoms with Gasteiger partial charge in [-0.3, -0.25) is 0 Å². The molecule has 2 nitrogen and oxygen atoms in total. The lowest BCUT2D eigenvalue weighted by atomic mass is 10.3. The van der Waals surface area contributed by atoms with Crippen molar-refractivity contribution in [2.75, 3.05) is 0 Å². The summed E-state index contributed by atoms with van der Waals surface area (Å²) in [5.74, 6) is 1.65. The number of hydrogen-bond acceptors (Lipinski definition) is 3. The largest absolute Gasteiger partial charge is 0.345 e. The van der Waals surface area contributed by atoms with Crippen LogP contribution in [0.15, 0.2) is 33.6 Å². The van der Waals surface area contributed by atoms with Gasteiger partial charge < -0.3 is 4.98 Å². The van der Waals surface area contributed by atoms with E-state index in [0.29, 0.717) is 4.64 Å². The maximum atomic E-state index is 5.86. The molecule has 0 aliphatic carbocycles. The summed E-state index contributed by atoms with van der Waals surface area (Å²) in [6.45, 7) is 2.08. The van der Waals surface area contributed by atoms with E-state index in [1.165, 1.54) is 0 Å². The number of nitrogens with zero attached hydrogens (tertiary/aromatic N) is 1. The van der Waals surface area contributed by atoms with E-state index < -0.39 is 0 Å². The molecule has 1 heterocycles. The summed E-state index contributed by atoms with van der Waals surface area (Å²) in [7, 11) is 0. The first-order valence-corrected chi connectivity index (χ1v) is 8.32. The Morgan fingerprint density at radius 1 is 1.37 bits per heavy atom. The average molecular weight is 376 g/mol. The van der Waals surface area contributed by atoms with Crippen LogP contribution in [0.5, 0.6) is 0 Å². The second kappa shape index (κ2) is 6.88. The van der Waals surface area contributed by atoms with Crippen molar-refractivity contribution in [3.05, 3.63) is 49.9 Å². The van der Waals surface area contributed by atoms with Crippen LogP contribution >= 0.6 is 51.5 Å². The van der Waals surface area contributed by atoms with E-state index in [2.05, 4.69) is 32.8 Å². The van der Waals surface area contributed by atoms with Crippen molar-refractivity contribution in [3.63, 3.8) is 0 Å². The molecule has 0 unspecified atom stereocenters. The summed E-state index contributed by atoms with van der Waals surface area (Å²) >= 11 is 16.3. The molecule has 0 aliphatic heterocycles. The monoisotopic (exact) mass is 374 g/mol. The highest BCUT2D eigenvalue weighted by molar-refractivity contribution is 9.10. The molecular weight excluding hydrogens is 364 g/mol. The van der Waals surface area contributed by atoms with E-state index in [9.17, 15) is 0 Å². The van der Waals surface area contributed by atoms with Gasteiger partial charge in [0.2, 0.25) is 0 Å². The number of aryl methyl sites for hydroxylation is 1. The maximum Gasteiger partial charge on any atom is 0.144 e. The smallest absolute Gasteiger partial charge is 0.144 e. The number of rotatable bonds is 4. The van der Waals surface area contributed by atoms with Crippen LogP contribution in [0.2, 0.25) is 5.02 Å². The average Bonchev–Trinajstić information content (AvgIpc) is 2.41. The molecule has 19 heavy (non-hydrogen) atoms. The van der Waals surface area contributed by atoms with Gasteiger partial charge >= 0.3 is 0 Å². The summed E-state index contributed by atoms with van der Waals surface area (Å²) < 4.78 is 1.51. The fraction of sp³-hybridized carbons (Fsp3) is 0.231. The molecule has 1 aromatic carbocycles. The number of halogens is 2. The molecule has 100 valence electrons. The van der Waals surface area contributed by atoms with Crippen LogP contribution < -0.4 is 0 Å². The van der Waals surface area contributed by atoms with Gasteiger partial charge in [0, 0.05) is 15.6 Å². The molecule has 0 spiro atoms. The standard InChI is InChI=1S/C13H12BrClN2S2/c1-2-10-12(14)13(18)17-11(16-10)7-19-9-5-3-8(15)4-6-9/h3-6H,2,7H2,1H3,(H,16,17,18). The van der Waals surface area contributed by atoms with Crippen molar-refractivity contribution in [3.8, 4) is 0 Å². The molecule has 0 amide bonds. The molecule has 0 bridgehead atoms. The van der Waals surface area contributed by atoms with E-state index in [1.807, 2.05) is 24.3 Å². The number of hydrogen-bond donors (Lipinski definition) is 1. The molecular formula is C13H12BrClN2S2. The third-order valence-corrected chi connectivity index (χ3v) is 5.21. The zero-order chi connectivity index (χ0) is 13.8. The Kier molecular flexibility index (Phi) is 5.45. The molecule has 6 heteroatoms. The number of thioether (sulfide) groups is 1. The first-order valence-electron chi connectivity index (χ1n) is 5.76. The van der Waals surface area contributed by atoms with Crippen molar-refractivity contribution in [2.24, 2.45) is 0 Å². The van der Waals surface area contributed by atoms with Gasteiger partial charge in [-0.1, -0.05) is 30.7 Å². The van der Waals surface area contributed by atoms with Gasteiger partial charge in [0.15, 0.2) is 0 Å². The predicted octanol–water partition coefficient (Wildman–Crippen LogP) is 5.41. The third kappa shape index (κ3) is 4.05. The van der Waals surface area contributed by atoms with E-state index >= 15 is 0 Å². The molecule has 0 fully saturated rings. The minimum atomic E-state index is 0.613. The minimum absolute atomic E-state index is 0.613. The number of nitrogens with one attached hydrogen (secondary N) is 1. The molecule has 1 aromatic heterocycles. The Morgan fingerprint density at radius 3 is 2.68 bits per heavy atom. The Balaban J connectivity index is 2.13. The summed E-state index contributed by atoms with van der Waals surface area (Å²) in [5, 5.41) is 0.749. The highest BCUT2D eigenvalue weighted by Gasteiger charge is 2.05. The first-order chi connectivity index (χ1) is 9.10. The summed E-state index contributed by atoms with van der Waals surface area (Å²) in [6.07, 6.45) is 0.894. The van der Waals surface area contributed by atoms with Gasteiger partial charge in [-0.15, -0.1) is 11.8 Å². The van der Waals surface area contributed by atoms with Crippen molar-refractivity contribution in [1.82, 2.24) is 9.97 Å². The van der Waals surface area contributed by atoms with Crippen molar-refractivity contribution < 1.29 is 0 Å². The zero-order valence-corrected chi connectivity index (χ0v) is 14.2. The number of benzene rings is 1. The number of aromatic amines is 1. The zero-order valence-electron chi connectivity index (χ0n) is 10.2. The van der Waals surface area contributed by atoms with Crippen molar-refractivity contribution in [2.45, 2.75) is 24.0 Å². The quantitative estimate of drug-likeness (QED) is 0.572. The topological polar surface area (TPSA) is 28.7 Å². The van der Waals surface area contributed by atoms with Crippen LogP contribution in [-0.2, 0) is 12.2 Å². The Labute approximate surface area is 135 Å². The molecule has 0 aliphatic rings. The molecule has 0 atom stereocenters. The maximum absolute atomic E-state index is 5.86. The third-order valence-electron chi connectivity index (χ3n) is 2.53. The van der Waals surface area contributed by atoms with Gasteiger partial charge in [-0.2, -0.15) is 0 Å². The van der Waals surface area contributed by atoms with Crippen molar-refractivity contribution in [1.29, 1.82) is 0 Å². The second-order valence-corrected chi connectivity index (χ2v) is 6.54. The lowest BCUT2D eigenvalue weighted by Crippen LogP contribution is -1.99. The summed E-state index contributed by atoms with van der Waals surface area (Å²) in [6, 6.07) is 7.78. The Morgan fingerprint density at radius 2 is 2.05 bits per heavy atom. The van der Waals surface area contributed by atoms with Crippen molar-refractivity contribution >= 4 is 51.5 Å². The molecule has 2 aromatic rings.